The monoisotopic (exact) mass is 382 g/mol. The zero-order chi connectivity index (χ0) is 16.2. The van der Waals surface area contributed by atoms with E-state index >= 15 is 0 Å². The molecule has 5 nitrogen and oxygen atoms in total. The van der Waals surface area contributed by atoms with Crippen LogP contribution in [0.15, 0.2) is 57.9 Å². The van der Waals surface area contributed by atoms with Crippen LogP contribution < -0.4 is 10.0 Å². The number of halogens is 1. The molecule has 0 heterocycles. The molecule has 0 saturated carbocycles. The number of hydrogen-bond acceptors (Lipinski definition) is 3. The predicted molar refractivity (Wildman–Crippen MR) is 89.2 cm³/mol. The number of anilines is 1. The maximum absolute atomic E-state index is 12.3. The first-order valence-corrected chi connectivity index (χ1v) is 8.77. The fourth-order valence-electron chi connectivity index (χ4n) is 1.84. The predicted octanol–water partition coefficient (Wildman–Crippen LogP) is 2.54. The topological polar surface area (TPSA) is 75.3 Å². The summed E-state index contributed by atoms with van der Waals surface area (Å²) >= 11 is 3.23. The summed E-state index contributed by atoms with van der Waals surface area (Å²) in [5.74, 6) is -0.0958. The maximum atomic E-state index is 12.3. The summed E-state index contributed by atoms with van der Waals surface area (Å²) < 4.78 is 27.7. The van der Waals surface area contributed by atoms with Crippen molar-refractivity contribution in [2.75, 3.05) is 11.8 Å². The Bertz CT molecular complexity index is 774. The van der Waals surface area contributed by atoms with Gasteiger partial charge in [0.05, 0.1) is 6.42 Å². The average Bonchev–Trinajstić information content (AvgIpc) is 2.49. The first-order valence-electron chi connectivity index (χ1n) is 6.49. The summed E-state index contributed by atoms with van der Waals surface area (Å²) in [6, 6.07) is 13.3. The summed E-state index contributed by atoms with van der Waals surface area (Å²) in [5.41, 5.74) is 1.25. The molecule has 2 aromatic carbocycles. The maximum Gasteiger partial charge on any atom is 0.263 e. The highest BCUT2D eigenvalue weighted by molar-refractivity contribution is 9.10. The molecule has 0 aliphatic carbocycles. The van der Waals surface area contributed by atoms with Gasteiger partial charge in [0.25, 0.3) is 10.0 Å². The lowest BCUT2D eigenvalue weighted by Crippen LogP contribution is -2.19. The highest BCUT2D eigenvalue weighted by atomic mass is 79.9. The Balaban J connectivity index is 2.17. The summed E-state index contributed by atoms with van der Waals surface area (Å²) in [6.45, 7) is 0. The zero-order valence-electron chi connectivity index (χ0n) is 11.8. The van der Waals surface area contributed by atoms with Gasteiger partial charge in [0.2, 0.25) is 5.91 Å². The fraction of sp³-hybridized carbons (Fsp3) is 0.133. The molecule has 2 N–H and O–H groups in total. The smallest absolute Gasteiger partial charge is 0.263 e. The molecular weight excluding hydrogens is 368 g/mol. The molecular formula is C15H15BrN2O3S. The van der Waals surface area contributed by atoms with Gasteiger partial charge in [0.15, 0.2) is 0 Å². The highest BCUT2D eigenvalue weighted by Gasteiger charge is 2.17. The largest absolute Gasteiger partial charge is 0.359 e. The molecule has 7 heteroatoms. The van der Waals surface area contributed by atoms with Crippen LogP contribution in [0, 0.1) is 0 Å². The van der Waals surface area contributed by atoms with Crippen LogP contribution in [-0.4, -0.2) is 21.4 Å². The van der Waals surface area contributed by atoms with Crippen molar-refractivity contribution in [2.45, 2.75) is 11.3 Å². The van der Waals surface area contributed by atoms with Crippen LogP contribution in [0.4, 0.5) is 5.69 Å². The van der Waals surface area contributed by atoms with Gasteiger partial charge in [-0.2, -0.15) is 0 Å². The van der Waals surface area contributed by atoms with E-state index in [4.69, 9.17) is 0 Å². The zero-order valence-corrected chi connectivity index (χ0v) is 14.2. The van der Waals surface area contributed by atoms with Crippen LogP contribution in [0.1, 0.15) is 5.56 Å². The number of sulfonamides is 1. The van der Waals surface area contributed by atoms with Crippen molar-refractivity contribution < 1.29 is 13.2 Å². The Labute approximate surface area is 137 Å². The molecule has 0 fully saturated rings. The molecule has 2 rings (SSSR count). The first kappa shape index (κ1) is 16.5. The van der Waals surface area contributed by atoms with Gasteiger partial charge in [0, 0.05) is 17.2 Å². The van der Waals surface area contributed by atoms with E-state index < -0.39 is 10.0 Å². The number of nitrogens with one attached hydrogen (secondary N) is 2. The van der Waals surface area contributed by atoms with Gasteiger partial charge in [-0.1, -0.05) is 24.3 Å². The molecule has 1 amide bonds. The third-order valence-electron chi connectivity index (χ3n) is 2.98. The molecule has 116 valence electrons. The van der Waals surface area contributed by atoms with E-state index in [-0.39, 0.29) is 17.2 Å². The van der Waals surface area contributed by atoms with Gasteiger partial charge in [0.1, 0.15) is 4.90 Å². The number of likely N-dealkylation sites (N-methyl/N-ethyl adjacent to an activating group) is 1. The van der Waals surface area contributed by atoms with Gasteiger partial charge >= 0.3 is 0 Å². The Hall–Kier alpha value is -1.86. The Morgan fingerprint density at radius 2 is 1.73 bits per heavy atom. The molecule has 22 heavy (non-hydrogen) atoms. The van der Waals surface area contributed by atoms with Crippen LogP contribution in [0.5, 0.6) is 0 Å². The standard InChI is InChI=1S/C15H15BrN2O3S/c1-17-15(19)10-11-6-8-12(9-7-11)18-22(20,21)14-5-3-2-4-13(14)16/h2-9,18H,10H2,1H3,(H,17,19). The molecule has 0 atom stereocenters. The molecule has 0 radical (unpaired) electrons. The van der Waals surface area contributed by atoms with Gasteiger partial charge in [-0.25, -0.2) is 8.42 Å². The lowest BCUT2D eigenvalue weighted by Gasteiger charge is -2.10. The third-order valence-corrected chi connectivity index (χ3v) is 5.37. The number of carbonyl (C=O) groups excluding carboxylic acids is 1. The van der Waals surface area contributed by atoms with E-state index in [9.17, 15) is 13.2 Å². The van der Waals surface area contributed by atoms with Crippen molar-refractivity contribution in [2.24, 2.45) is 0 Å². The molecule has 0 saturated heterocycles. The van der Waals surface area contributed by atoms with E-state index in [1.165, 1.54) is 6.07 Å². The second kappa shape index (κ2) is 6.93. The van der Waals surface area contributed by atoms with Gasteiger partial charge < -0.3 is 5.32 Å². The number of hydrogen-bond donors (Lipinski definition) is 2. The van der Waals surface area contributed by atoms with Crippen LogP contribution in [0.2, 0.25) is 0 Å². The minimum absolute atomic E-state index is 0.0958. The van der Waals surface area contributed by atoms with Crippen LogP contribution in [0.3, 0.4) is 0 Å². The van der Waals surface area contributed by atoms with Crippen molar-refractivity contribution in [1.82, 2.24) is 5.32 Å². The van der Waals surface area contributed by atoms with E-state index in [0.717, 1.165) is 5.56 Å². The summed E-state index contributed by atoms with van der Waals surface area (Å²) in [7, 11) is -2.09. The van der Waals surface area contributed by atoms with Crippen molar-refractivity contribution in [3.63, 3.8) is 0 Å². The highest BCUT2D eigenvalue weighted by Crippen LogP contribution is 2.23. The second-order valence-electron chi connectivity index (χ2n) is 4.58. The lowest BCUT2D eigenvalue weighted by molar-refractivity contribution is -0.119. The van der Waals surface area contributed by atoms with Crippen LogP contribution >= 0.6 is 15.9 Å². The van der Waals surface area contributed by atoms with Crippen LogP contribution in [0.25, 0.3) is 0 Å². The third kappa shape index (κ3) is 4.08. The molecule has 0 spiro atoms. The molecule has 2 aromatic rings. The van der Waals surface area contributed by atoms with Gasteiger partial charge in [-0.15, -0.1) is 0 Å². The minimum atomic E-state index is -3.66. The molecule has 0 bridgehead atoms. The Kier molecular flexibility index (Phi) is 5.20. The van der Waals surface area contributed by atoms with Gasteiger partial charge in [-0.3, -0.25) is 9.52 Å². The SMILES string of the molecule is CNC(=O)Cc1ccc(NS(=O)(=O)c2ccccc2Br)cc1. The quantitative estimate of drug-likeness (QED) is 0.833. The number of amides is 1. The van der Waals surface area contributed by atoms with E-state index in [0.29, 0.717) is 10.2 Å². The summed E-state index contributed by atoms with van der Waals surface area (Å²) in [5, 5.41) is 2.54. The van der Waals surface area contributed by atoms with Crippen molar-refractivity contribution >= 4 is 37.5 Å². The first-order chi connectivity index (χ1) is 10.4. The number of carbonyl (C=O) groups is 1. The summed E-state index contributed by atoms with van der Waals surface area (Å²) in [6.07, 6.45) is 0.258. The van der Waals surface area contributed by atoms with Crippen LogP contribution in [-0.2, 0) is 21.2 Å². The summed E-state index contributed by atoms with van der Waals surface area (Å²) in [4.78, 5) is 11.5. The normalized spacial score (nSPS) is 11.0. The van der Waals surface area contributed by atoms with E-state index in [1.807, 2.05) is 0 Å². The average molecular weight is 383 g/mol. The Morgan fingerprint density at radius 1 is 1.09 bits per heavy atom. The van der Waals surface area contributed by atoms with Crippen molar-refractivity contribution in [1.29, 1.82) is 0 Å². The fourth-order valence-corrected chi connectivity index (χ4v) is 3.90. The lowest BCUT2D eigenvalue weighted by atomic mass is 10.1. The number of rotatable bonds is 5. The second-order valence-corrected chi connectivity index (χ2v) is 7.09. The van der Waals surface area contributed by atoms with E-state index in [1.54, 1.807) is 49.5 Å². The van der Waals surface area contributed by atoms with Gasteiger partial charge in [-0.05, 0) is 45.8 Å². The molecule has 0 unspecified atom stereocenters. The van der Waals surface area contributed by atoms with Crippen molar-refractivity contribution in [3.8, 4) is 0 Å². The molecule has 0 aromatic heterocycles. The van der Waals surface area contributed by atoms with E-state index in [2.05, 4.69) is 26.0 Å². The van der Waals surface area contributed by atoms with Crippen molar-refractivity contribution in [3.05, 3.63) is 58.6 Å². The Morgan fingerprint density at radius 3 is 2.32 bits per heavy atom. The molecule has 0 aliphatic heterocycles. The minimum Gasteiger partial charge on any atom is -0.359 e. The number of benzene rings is 2. The molecule has 0 aliphatic rings.